The number of phenols is 1. The van der Waals surface area contributed by atoms with Crippen molar-refractivity contribution in [3.05, 3.63) is 35.4 Å². The number of nitrogens with one attached hydrogen (secondary N) is 1. The fraction of sp³-hybridized carbons (Fsp3) is 0.308. The molecule has 0 saturated heterocycles. The first-order valence-electron chi connectivity index (χ1n) is 5.60. The van der Waals surface area contributed by atoms with Crippen LogP contribution in [0, 0.1) is 5.92 Å². The van der Waals surface area contributed by atoms with Crippen LogP contribution in [-0.4, -0.2) is 11.0 Å². The van der Waals surface area contributed by atoms with Gasteiger partial charge in [0.2, 0.25) is 5.91 Å². The molecule has 2 N–H and O–H groups in total. The minimum Gasteiger partial charge on any atom is -0.506 e. The van der Waals surface area contributed by atoms with E-state index < -0.39 is 0 Å². The summed E-state index contributed by atoms with van der Waals surface area (Å²) in [6.07, 6.45) is 6.77. The number of carbonyl (C=O) groups is 1. The molecule has 1 aliphatic carbocycles. The van der Waals surface area contributed by atoms with Crippen molar-refractivity contribution in [2.45, 2.75) is 19.3 Å². The number of rotatable bonds is 3. The molecule has 1 aromatic carbocycles. The van der Waals surface area contributed by atoms with Crippen LogP contribution in [0.1, 0.15) is 19.3 Å². The second kappa shape index (κ2) is 5.23. The van der Waals surface area contributed by atoms with E-state index in [-0.39, 0.29) is 16.7 Å². The Morgan fingerprint density at radius 2 is 2.35 bits per heavy atom. The van der Waals surface area contributed by atoms with Crippen molar-refractivity contribution >= 4 is 23.2 Å². The number of hydrogen-bond acceptors (Lipinski definition) is 2. The molecule has 0 radical (unpaired) electrons. The van der Waals surface area contributed by atoms with Gasteiger partial charge in [0, 0.05) is 18.2 Å². The highest BCUT2D eigenvalue weighted by molar-refractivity contribution is 6.32. The summed E-state index contributed by atoms with van der Waals surface area (Å²) in [6.45, 7) is 0. The molecule has 90 valence electrons. The van der Waals surface area contributed by atoms with Crippen LogP contribution < -0.4 is 5.32 Å². The lowest BCUT2D eigenvalue weighted by atomic mass is 10.1. The lowest BCUT2D eigenvalue weighted by Gasteiger charge is -2.09. The Hall–Kier alpha value is -1.48. The minimum atomic E-state index is -0.0386. The van der Waals surface area contributed by atoms with Gasteiger partial charge in [-0.05, 0) is 30.9 Å². The van der Waals surface area contributed by atoms with E-state index in [9.17, 15) is 9.90 Å². The van der Waals surface area contributed by atoms with Crippen LogP contribution in [0.25, 0.3) is 0 Å². The van der Waals surface area contributed by atoms with Gasteiger partial charge in [0.1, 0.15) is 5.75 Å². The lowest BCUT2D eigenvalue weighted by Crippen LogP contribution is -2.14. The summed E-state index contributed by atoms with van der Waals surface area (Å²) in [6, 6.07) is 4.68. The molecule has 1 amide bonds. The molecular weight excluding hydrogens is 238 g/mol. The zero-order valence-electron chi connectivity index (χ0n) is 9.32. The van der Waals surface area contributed by atoms with Crippen molar-refractivity contribution < 1.29 is 9.90 Å². The van der Waals surface area contributed by atoms with Gasteiger partial charge in [0.05, 0.1) is 5.02 Å². The number of allylic oxidation sites excluding steroid dienone is 2. The summed E-state index contributed by atoms with van der Waals surface area (Å²) in [5.41, 5.74) is 0.568. The molecule has 0 spiro atoms. The Balaban J connectivity index is 1.93. The highest BCUT2D eigenvalue weighted by Crippen LogP contribution is 2.27. The number of hydrogen-bond donors (Lipinski definition) is 2. The molecule has 2 rings (SSSR count). The first-order chi connectivity index (χ1) is 8.15. The highest BCUT2D eigenvalue weighted by Gasteiger charge is 2.14. The highest BCUT2D eigenvalue weighted by atomic mass is 35.5. The fourth-order valence-corrected chi connectivity index (χ4v) is 2.02. The van der Waals surface area contributed by atoms with Crippen molar-refractivity contribution in [1.29, 1.82) is 0 Å². The maximum atomic E-state index is 11.7. The molecule has 17 heavy (non-hydrogen) atoms. The third-order valence-electron chi connectivity index (χ3n) is 2.79. The molecule has 0 bridgehead atoms. The van der Waals surface area contributed by atoms with Gasteiger partial charge in [-0.25, -0.2) is 0 Å². The quantitative estimate of drug-likeness (QED) is 0.810. The Kier molecular flexibility index (Phi) is 3.69. The molecule has 0 fully saturated rings. The summed E-state index contributed by atoms with van der Waals surface area (Å²) in [4.78, 5) is 11.7. The van der Waals surface area contributed by atoms with Crippen LogP contribution in [0.4, 0.5) is 5.69 Å². The van der Waals surface area contributed by atoms with Gasteiger partial charge in [-0.15, -0.1) is 0 Å². The molecule has 0 saturated carbocycles. The van der Waals surface area contributed by atoms with Crippen LogP contribution in [0.5, 0.6) is 5.75 Å². The van der Waals surface area contributed by atoms with Crippen LogP contribution >= 0.6 is 11.6 Å². The molecule has 0 heterocycles. The van der Waals surface area contributed by atoms with Gasteiger partial charge in [-0.2, -0.15) is 0 Å². The molecule has 3 nitrogen and oxygen atoms in total. The normalized spacial score (nSPS) is 18.3. The fourth-order valence-electron chi connectivity index (χ4n) is 1.91. The standard InChI is InChI=1S/C13H14ClNO2/c14-11-6-5-10(8-12(11)16)15-13(17)7-9-3-1-2-4-9/h1,3,5-6,8-9,16H,2,4,7H2,(H,15,17). The predicted octanol–water partition coefficient (Wildman–Crippen LogP) is 3.34. The Morgan fingerprint density at radius 3 is 3.00 bits per heavy atom. The van der Waals surface area contributed by atoms with Gasteiger partial charge >= 0.3 is 0 Å². The largest absolute Gasteiger partial charge is 0.506 e. The number of benzene rings is 1. The maximum Gasteiger partial charge on any atom is 0.224 e. The van der Waals surface area contributed by atoms with Crippen LogP contribution in [-0.2, 0) is 4.79 Å². The molecule has 0 aromatic heterocycles. The zero-order valence-corrected chi connectivity index (χ0v) is 10.1. The van der Waals surface area contributed by atoms with Gasteiger partial charge in [0.25, 0.3) is 0 Å². The van der Waals surface area contributed by atoms with E-state index in [0.29, 0.717) is 18.0 Å². The molecular formula is C13H14ClNO2. The number of phenolic OH excluding ortho intramolecular Hbond substituents is 1. The second-order valence-corrected chi connectivity index (χ2v) is 4.59. The smallest absolute Gasteiger partial charge is 0.224 e. The first kappa shape index (κ1) is 12.0. The van der Waals surface area contributed by atoms with Crippen LogP contribution in [0.15, 0.2) is 30.4 Å². The van der Waals surface area contributed by atoms with Crippen molar-refractivity contribution in [1.82, 2.24) is 0 Å². The van der Waals surface area contributed by atoms with Gasteiger partial charge < -0.3 is 10.4 Å². The first-order valence-corrected chi connectivity index (χ1v) is 5.98. The number of halogens is 1. The van der Waals surface area contributed by atoms with E-state index in [4.69, 9.17) is 11.6 Å². The third-order valence-corrected chi connectivity index (χ3v) is 3.11. The molecule has 0 aliphatic heterocycles. The van der Waals surface area contributed by atoms with Crippen LogP contribution in [0.2, 0.25) is 5.02 Å². The summed E-state index contributed by atoms with van der Waals surface area (Å²) >= 11 is 5.68. The van der Waals surface area contributed by atoms with Gasteiger partial charge in [0.15, 0.2) is 0 Å². The summed E-state index contributed by atoms with van der Waals surface area (Å²) in [7, 11) is 0. The van der Waals surface area contributed by atoms with E-state index in [1.807, 2.05) is 0 Å². The van der Waals surface area contributed by atoms with E-state index in [1.165, 1.54) is 6.07 Å². The topological polar surface area (TPSA) is 49.3 Å². The average molecular weight is 252 g/mol. The minimum absolute atomic E-state index is 0.0229. The maximum absolute atomic E-state index is 11.7. The van der Waals surface area contributed by atoms with Crippen molar-refractivity contribution in [2.24, 2.45) is 5.92 Å². The van der Waals surface area contributed by atoms with Crippen molar-refractivity contribution in [3.63, 3.8) is 0 Å². The van der Waals surface area contributed by atoms with E-state index in [2.05, 4.69) is 17.5 Å². The van der Waals surface area contributed by atoms with Crippen molar-refractivity contribution in [3.8, 4) is 5.75 Å². The Morgan fingerprint density at radius 1 is 1.53 bits per heavy atom. The Bertz CT molecular complexity index is 457. The van der Waals surface area contributed by atoms with E-state index in [0.717, 1.165) is 12.8 Å². The zero-order chi connectivity index (χ0) is 12.3. The third kappa shape index (κ3) is 3.24. The monoisotopic (exact) mass is 251 g/mol. The van der Waals surface area contributed by atoms with Gasteiger partial charge in [-0.1, -0.05) is 23.8 Å². The Labute approximate surface area is 105 Å². The van der Waals surface area contributed by atoms with Gasteiger partial charge in [-0.3, -0.25) is 4.79 Å². The van der Waals surface area contributed by atoms with Crippen molar-refractivity contribution in [2.75, 3.05) is 5.32 Å². The number of aromatic hydroxyl groups is 1. The molecule has 4 heteroatoms. The van der Waals surface area contributed by atoms with E-state index in [1.54, 1.807) is 12.1 Å². The number of carbonyl (C=O) groups excluding carboxylic acids is 1. The second-order valence-electron chi connectivity index (χ2n) is 4.18. The number of amides is 1. The molecule has 1 atom stereocenters. The summed E-state index contributed by atoms with van der Waals surface area (Å²) in [5, 5.41) is 12.4. The number of anilines is 1. The summed E-state index contributed by atoms with van der Waals surface area (Å²) < 4.78 is 0. The predicted molar refractivity (Wildman–Crippen MR) is 68.2 cm³/mol. The SMILES string of the molecule is O=C(CC1C=CCC1)Nc1ccc(Cl)c(O)c1. The average Bonchev–Trinajstić information content (AvgIpc) is 2.76. The summed E-state index contributed by atoms with van der Waals surface area (Å²) in [5.74, 6) is 0.282. The molecule has 1 aliphatic rings. The molecule has 1 unspecified atom stereocenters. The molecule has 1 aromatic rings. The van der Waals surface area contributed by atoms with Crippen LogP contribution in [0.3, 0.4) is 0 Å². The lowest BCUT2D eigenvalue weighted by molar-refractivity contribution is -0.116. The van der Waals surface area contributed by atoms with E-state index >= 15 is 0 Å².